The molecule has 1 spiro atoms. The lowest BCUT2D eigenvalue weighted by Gasteiger charge is -2.62. The van der Waals surface area contributed by atoms with Crippen molar-refractivity contribution in [3.05, 3.63) is 9.66 Å². The fraction of sp³-hybridized carbons (Fsp3) is 0.905. The van der Waals surface area contributed by atoms with Gasteiger partial charge in [0.2, 0.25) is 0 Å². The predicted octanol–water partition coefficient (Wildman–Crippen LogP) is 5.70. The van der Waals surface area contributed by atoms with Crippen LogP contribution >= 0.6 is 22.6 Å². The molecule has 2 nitrogen and oxygen atoms in total. The van der Waals surface area contributed by atoms with Gasteiger partial charge in [0, 0.05) is 17.8 Å². The van der Waals surface area contributed by atoms with E-state index in [2.05, 4.69) is 42.5 Å². The molecule has 5 rings (SSSR count). The standard InChI is InChI=1S/C21H31IO2/c1-19-9-3-10-21(23-12-13-24-21)17(19)6-4-14-15-5-7-18(22)20(15,2)11-8-16(14)19/h7,14-17H,3-6,8-13H2,1-2H3/t14-,15-,16-,17?,19+,20-/m0/s1. The summed E-state index contributed by atoms with van der Waals surface area (Å²) >= 11 is 2.63. The van der Waals surface area contributed by atoms with Gasteiger partial charge in [-0.3, -0.25) is 0 Å². The molecule has 1 saturated heterocycles. The van der Waals surface area contributed by atoms with E-state index >= 15 is 0 Å². The molecule has 0 radical (unpaired) electrons. The second-order valence-electron chi connectivity index (χ2n) is 9.62. The van der Waals surface area contributed by atoms with Gasteiger partial charge in [-0.25, -0.2) is 0 Å². The lowest BCUT2D eigenvalue weighted by molar-refractivity contribution is -0.272. The van der Waals surface area contributed by atoms with E-state index in [0.29, 0.717) is 16.7 Å². The van der Waals surface area contributed by atoms with Crippen LogP contribution in [0.1, 0.15) is 65.2 Å². The van der Waals surface area contributed by atoms with Crippen LogP contribution in [0.15, 0.2) is 9.66 Å². The Kier molecular flexibility index (Phi) is 3.76. The van der Waals surface area contributed by atoms with E-state index in [-0.39, 0.29) is 5.79 Å². The highest BCUT2D eigenvalue weighted by atomic mass is 127. The molecule has 1 unspecified atom stereocenters. The number of rotatable bonds is 0. The van der Waals surface area contributed by atoms with E-state index in [1.807, 2.05) is 0 Å². The first kappa shape index (κ1) is 16.6. The summed E-state index contributed by atoms with van der Waals surface area (Å²) in [5, 5.41) is 0. The largest absolute Gasteiger partial charge is 0.347 e. The Bertz CT molecular complexity index is 566. The van der Waals surface area contributed by atoms with E-state index in [4.69, 9.17) is 9.47 Å². The molecule has 3 saturated carbocycles. The fourth-order valence-corrected chi connectivity index (χ4v) is 8.68. The van der Waals surface area contributed by atoms with E-state index in [9.17, 15) is 0 Å². The van der Waals surface area contributed by atoms with Gasteiger partial charge in [0.25, 0.3) is 0 Å². The van der Waals surface area contributed by atoms with Crippen LogP contribution < -0.4 is 0 Å². The molecule has 0 N–H and O–H groups in total. The van der Waals surface area contributed by atoms with Crippen molar-refractivity contribution in [1.29, 1.82) is 0 Å². The van der Waals surface area contributed by atoms with E-state index < -0.39 is 0 Å². The molecule has 1 heterocycles. The third-order valence-corrected chi connectivity index (χ3v) is 10.6. The Morgan fingerprint density at radius 1 is 1.00 bits per heavy atom. The van der Waals surface area contributed by atoms with Crippen molar-refractivity contribution in [2.45, 2.75) is 71.0 Å². The third-order valence-electron chi connectivity index (χ3n) is 8.90. The molecule has 134 valence electrons. The first-order valence-corrected chi connectivity index (χ1v) is 11.2. The molecule has 3 heteroatoms. The molecule has 6 atom stereocenters. The summed E-state index contributed by atoms with van der Waals surface area (Å²) in [4.78, 5) is 0. The van der Waals surface area contributed by atoms with Gasteiger partial charge in [-0.15, -0.1) is 0 Å². The van der Waals surface area contributed by atoms with Gasteiger partial charge in [-0.05, 0) is 94.3 Å². The van der Waals surface area contributed by atoms with Crippen LogP contribution in [0.2, 0.25) is 0 Å². The molecular formula is C21H31IO2. The third kappa shape index (κ3) is 2.01. The fourth-order valence-electron chi connectivity index (χ4n) is 7.76. The molecule has 0 aromatic heterocycles. The zero-order valence-corrected chi connectivity index (χ0v) is 17.3. The molecule has 0 bridgehead atoms. The normalized spacial score (nSPS) is 52.5. The minimum absolute atomic E-state index is 0.221. The van der Waals surface area contributed by atoms with Crippen molar-refractivity contribution < 1.29 is 9.47 Å². The molecule has 0 amide bonds. The Morgan fingerprint density at radius 3 is 2.58 bits per heavy atom. The van der Waals surface area contributed by atoms with Gasteiger partial charge in [0.05, 0.1) is 13.2 Å². The van der Waals surface area contributed by atoms with Crippen LogP contribution in [-0.2, 0) is 9.47 Å². The van der Waals surface area contributed by atoms with Crippen LogP contribution in [0.3, 0.4) is 0 Å². The Balaban J connectivity index is 1.48. The van der Waals surface area contributed by atoms with Crippen LogP contribution in [0.4, 0.5) is 0 Å². The molecule has 5 aliphatic rings. The highest BCUT2D eigenvalue weighted by Gasteiger charge is 2.63. The number of hydrogen-bond acceptors (Lipinski definition) is 2. The van der Waals surface area contributed by atoms with Gasteiger partial charge in [0.1, 0.15) is 0 Å². The van der Waals surface area contributed by atoms with Crippen LogP contribution in [0.5, 0.6) is 0 Å². The lowest BCUT2D eigenvalue weighted by Crippen LogP contribution is -2.59. The van der Waals surface area contributed by atoms with Gasteiger partial charge in [-0.1, -0.05) is 19.9 Å². The summed E-state index contributed by atoms with van der Waals surface area (Å²) in [7, 11) is 0. The molecule has 24 heavy (non-hydrogen) atoms. The van der Waals surface area contributed by atoms with Crippen molar-refractivity contribution in [3.63, 3.8) is 0 Å². The molecule has 0 aromatic carbocycles. The second kappa shape index (κ2) is 5.45. The highest BCUT2D eigenvalue weighted by molar-refractivity contribution is 14.1. The Labute approximate surface area is 160 Å². The maximum Gasteiger partial charge on any atom is 0.171 e. The van der Waals surface area contributed by atoms with Crippen molar-refractivity contribution >= 4 is 22.6 Å². The second-order valence-corrected chi connectivity index (χ2v) is 10.8. The average Bonchev–Trinajstić information content (AvgIpc) is 3.13. The van der Waals surface area contributed by atoms with Crippen LogP contribution in [0, 0.1) is 34.5 Å². The average molecular weight is 442 g/mol. The maximum absolute atomic E-state index is 6.29. The summed E-state index contributed by atoms with van der Waals surface area (Å²) in [6.07, 6.45) is 13.2. The molecule has 0 aromatic rings. The molecule has 4 aliphatic carbocycles. The number of halogens is 1. The Morgan fingerprint density at radius 2 is 1.79 bits per heavy atom. The monoisotopic (exact) mass is 442 g/mol. The van der Waals surface area contributed by atoms with Crippen molar-refractivity contribution in [3.8, 4) is 0 Å². The number of allylic oxidation sites excluding steroid dienone is 2. The van der Waals surface area contributed by atoms with E-state index in [0.717, 1.165) is 37.4 Å². The van der Waals surface area contributed by atoms with Gasteiger partial charge >= 0.3 is 0 Å². The summed E-state index contributed by atoms with van der Waals surface area (Å²) < 4.78 is 14.2. The first-order valence-electron chi connectivity index (χ1n) is 10.1. The summed E-state index contributed by atoms with van der Waals surface area (Å²) in [5.41, 5.74) is 0.915. The predicted molar refractivity (Wildman–Crippen MR) is 104 cm³/mol. The molecule has 4 fully saturated rings. The number of hydrogen-bond donors (Lipinski definition) is 0. The van der Waals surface area contributed by atoms with Crippen molar-refractivity contribution in [1.82, 2.24) is 0 Å². The highest BCUT2D eigenvalue weighted by Crippen LogP contribution is 2.68. The minimum atomic E-state index is -0.221. The number of fused-ring (bicyclic) bond motifs is 6. The quantitative estimate of drug-likeness (QED) is 0.448. The zero-order chi connectivity index (χ0) is 16.6. The van der Waals surface area contributed by atoms with E-state index in [1.165, 1.54) is 44.9 Å². The zero-order valence-electron chi connectivity index (χ0n) is 15.2. The summed E-state index contributed by atoms with van der Waals surface area (Å²) in [6.45, 7) is 6.78. The van der Waals surface area contributed by atoms with Crippen molar-refractivity contribution in [2.24, 2.45) is 34.5 Å². The smallest absolute Gasteiger partial charge is 0.171 e. The first-order chi connectivity index (χ1) is 11.5. The van der Waals surface area contributed by atoms with E-state index in [1.54, 1.807) is 3.58 Å². The van der Waals surface area contributed by atoms with Crippen molar-refractivity contribution in [2.75, 3.05) is 13.2 Å². The topological polar surface area (TPSA) is 18.5 Å². The molecule has 1 aliphatic heterocycles. The summed E-state index contributed by atoms with van der Waals surface area (Å²) in [6, 6.07) is 0. The summed E-state index contributed by atoms with van der Waals surface area (Å²) in [5.74, 6) is 3.10. The lowest BCUT2D eigenvalue weighted by atomic mass is 9.44. The van der Waals surface area contributed by atoms with Gasteiger partial charge in [-0.2, -0.15) is 0 Å². The number of ether oxygens (including phenoxy) is 2. The van der Waals surface area contributed by atoms with Crippen LogP contribution in [0.25, 0.3) is 0 Å². The van der Waals surface area contributed by atoms with Crippen LogP contribution in [-0.4, -0.2) is 19.0 Å². The Hall–Kier alpha value is 0.390. The maximum atomic E-state index is 6.29. The minimum Gasteiger partial charge on any atom is -0.347 e. The van der Waals surface area contributed by atoms with Gasteiger partial charge in [0.15, 0.2) is 5.79 Å². The SMILES string of the molecule is C[C@]12CCCC3(OCCO3)C1CC[C@@H]1[C@@H]2CC[C@]2(C)C(I)=CC[C@@H]12. The molecular weight excluding hydrogens is 411 g/mol. The van der Waals surface area contributed by atoms with Gasteiger partial charge < -0.3 is 9.47 Å².